The molecule has 2 aromatic rings. The molecule has 5 N–H and O–H groups in total. The molecule has 1 aliphatic carbocycles. The molecule has 0 aliphatic heterocycles. The number of hydrogen-bond donors (Lipinski definition) is 3. The van der Waals surface area contributed by atoms with Crippen LogP contribution >= 0.6 is 0 Å². The minimum atomic E-state index is -0.507. The minimum absolute atomic E-state index is 0.0557. The molecule has 0 spiro atoms. The highest BCUT2D eigenvalue weighted by molar-refractivity contribution is 5.97. The van der Waals surface area contributed by atoms with Gasteiger partial charge in [0, 0.05) is 33.9 Å². The third-order valence-corrected chi connectivity index (χ3v) is 4.51. The van der Waals surface area contributed by atoms with E-state index in [0.717, 1.165) is 19.4 Å². The predicted molar refractivity (Wildman–Crippen MR) is 122 cm³/mol. The van der Waals surface area contributed by atoms with Gasteiger partial charge in [0.15, 0.2) is 5.82 Å². The van der Waals surface area contributed by atoms with E-state index in [1.54, 1.807) is 23.0 Å². The number of nitriles is 1. The van der Waals surface area contributed by atoms with Gasteiger partial charge in [0.05, 0.1) is 25.1 Å². The predicted octanol–water partition coefficient (Wildman–Crippen LogP) is 2.53. The molecule has 3 rings (SSSR count). The highest BCUT2D eigenvalue weighted by Gasteiger charge is 2.33. The number of carbonyl (C=O) groups excluding carboxylic acids is 1. The normalized spacial score (nSPS) is 13.2. The van der Waals surface area contributed by atoms with E-state index in [-0.39, 0.29) is 6.04 Å². The summed E-state index contributed by atoms with van der Waals surface area (Å²) >= 11 is 0. The average Bonchev–Trinajstić information content (AvgIpc) is 3.51. The minimum Gasteiger partial charge on any atom is -0.371 e. The van der Waals surface area contributed by atoms with Crippen molar-refractivity contribution in [1.29, 1.82) is 5.26 Å². The number of hydrogen-bond acceptors (Lipinski definition) is 7. The summed E-state index contributed by atoms with van der Waals surface area (Å²) in [5.74, 6) is 0.466. The van der Waals surface area contributed by atoms with Crippen molar-refractivity contribution in [3.63, 3.8) is 0 Å². The maximum atomic E-state index is 11.2. The Hall–Kier alpha value is -2.93. The Morgan fingerprint density at radius 2 is 2.03 bits per heavy atom. The summed E-state index contributed by atoms with van der Waals surface area (Å²) in [5, 5.41) is 17.6. The van der Waals surface area contributed by atoms with Crippen LogP contribution in [0.5, 0.6) is 0 Å². The van der Waals surface area contributed by atoms with E-state index >= 15 is 0 Å². The lowest BCUT2D eigenvalue weighted by Gasteiger charge is -2.12. The largest absolute Gasteiger partial charge is 0.371 e. The van der Waals surface area contributed by atoms with E-state index in [1.165, 1.54) is 5.56 Å². The van der Waals surface area contributed by atoms with Crippen molar-refractivity contribution in [1.82, 2.24) is 14.8 Å². The summed E-state index contributed by atoms with van der Waals surface area (Å²) in [6.45, 7) is 3.35. The van der Waals surface area contributed by atoms with Gasteiger partial charge in [-0.3, -0.25) is 14.3 Å². The van der Waals surface area contributed by atoms with Crippen molar-refractivity contribution in [2.45, 2.75) is 38.8 Å². The Kier molecular flexibility index (Phi) is 11.9. The molecule has 0 radical (unpaired) electrons. The summed E-state index contributed by atoms with van der Waals surface area (Å²) in [4.78, 5) is 16.1. The molecule has 0 saturated heterocycles. The van der Waals surface area contributed by atoms with E-state index in [0.29, 0.717) is 30.3 Å². The lowest BCUT2D eigenvalue weighted by molar-refractivity contribution is -0.113. The van der Waals surface area contributed by atoms with Crippen LogP contribution in [0.3, 0.4) is 0 Å². The fourth-order valence-corrected chi connectivity index (χ4v) is 2.85. The first-order valence-corrected chi connectivity index (χ1v) is 10.4. The second-order valence-corrected chi connectivity index (χ2v) is 7.17. The van der Waals surface area contributed by atoms with Crippen LogP contribution in [0.15, 0.2) is 36.5 Å². The standard InChI is InChI=1S/C11H15N5O.C7H9N.C4H11NO/c1-14-11-8(10(13)17)6-16(15-11)9(4-5-12)7-2-3-7;8-6-7-4-2-1-3-5-7;1-4-6-5(2)3/h6-7,9H,2-4H2,1H3,(H2,13,17)(H,14,15);1-5H,6,8H2;4H2,1-3H3. The van der Waals surface area contributed by atoms with Crippen molar-refractivity contribution in [2.24, 2.45) is 17.4 Å². The lowest BCUT2D eigenvalue weighted by atomic mass is 10.1. The number of nitrogens with one attached hydrogen (secondary N) is 1. The maximum absolute atomic E-state index is 11.2. The van der Waals surface area contributed by atoms with Gasteiger partial charge in [0.2, 0.25) is 0 Å². The van der Waals surface area contributed by atoms with Crippen molar-refractivity contribution < 1.29 is 9.63 Å². The number of benzene rings is 1. The van der Waals surface area contributed by atoms with E-state index in [2.05, 4.69) is 16.5 Å². The first kappa shape index (κ1) is 26.1. The first-order valence-electron chi connectivity index (χ1n) is 10.4. The lowest BCUT2D eigenvalue weighted by Crippen LogP contribution is -2.12. The Morgan fingerprint density at radius 1 is 1.39 bits per heavy atom. The quantitative estimate of drug-likeness (QED) is 0.549. The third-order valence-electron chi connectivity index (χ3n) is 4.51. The molecule has 9 heteroatoms. The molecule has 1 aromatic heterocycles. The number of nitrogens with two attached hydrogens (primary N) is 2. The van der Waals surface area contributed by atoms with Gasteiger partial charge < -0.3 is 16.8 Å². The van der Waals surface area contributed by atoms with E-state index < -0.39 is 5.91 Å². The van der Waals surface area contributed by atoms with Gasteiger partial charge in [0.25, 0.3) is 5.91 Å². The van der Waals surface area contributed by atoms with Gasteiger partial charge in [-0.15, -0.1) is 0 Å². The van der Waals surface area contributed by atoms with Gasteiger partial charge in [0.1, 0.15) is 5.56 Å². The number of nitrogens with zero attached hydrogens (tertiary/aromatic N) is 4. The van der Waals surface area contributed by atoms with Gasteiger partial charge >= 0.3 is 0 Å². The Morgan fingerprint density at radius 3 is 2.35 bits per heavy atom. The molecule has 9 nitrogen and oxygen atoms in total. The Bertz CT molecular complexity index is 811. The van der Waals surface area contributed by atoms with Gasteiger partial charge in [-0.05, 0) is 31.2 Å². The highest BCUT2D eigenvalue weighted by atomic mass is 16.7. The number of aromatic nitrogens is 2. The molecule has 1 atom stereocenters. The number of anilines is 1. The molecule has 1 aromatic carbocycles. The van der Waals surface area contributed by atoms with Crippen LogP contribution in [-0.2, 0) is 11.4 Å². The molecular formula is C22H35N7O2. The number of hydroxylamine groups is 2. The molecule has 31 heavy (non-hydrogen) atoms. The summed E-state index contributed by atoms with van der Waals surface area (Å²) in [7, 11) is 5.42. The number of carbonyl (C=O) groups is 1. The molecular weight excluding hydrogens is 394 g/mol. The van der Waals surface area contributed by atoms with Crippen molar-refractivity contribution in [3.8, 4) is 6.07 Å². The molecule has 1 heterocycles. The SMILES string of the molecule is CCON(C)C.CNc1nn(C(CC#N)C2CC2)cc1C(N)=O.NCc1ccccc1. The van der Waals surface area contributed by atoms with E-state index in [4.69, 9.17) is 21.6 Å². The van der Waals surface area contributed by atoms with Crippen molar-refractivity contribution in [2.75, 3.05) is 33.1 Å². The third kappa shape index (κ3) is 9.61. The molecule has 170 valence electrons. The smallest absolute Gasteiger partial charge is 0.254 e. The summed E-state index contributed by atoms with van der Waals surface area (Å²) in [6.07, 6.45) is 4.28. The van der Waals surface area contributed by atoms with Crippen LogP contribution in [-0.4, -0.2) is 48.5 Å². The van der Waals surface area contributed by atoms with Gasteiger partial charge in [-0.1, -0.05) is 30.3 Å². The van der Waals surface area contributed by atoms with Crippen LogP contribution in [0.1, 0.15) is 48.1 Å². The van der Waals surface area contributed by atoms with Gasteiger partial charge in [-0.25, -0.2) is 0 Å². The van der Waals surface area contributed by atoms with Crippen LogP contribution in [0, 0.1) is 17.2 Å². The highest BCUT2D eigenvalue weighted by Crippen LogP contribution is 2.41. The van der Waals surface area contributed by atoms with Gasteiger partial charge in [-0.2, -0.15) is 15.4 Å². The maximum Gasteiger partial charge on any atom is 0.254 e. The van der Waals surface area contributed by atoms with Crippen LogP contribution in [0.2, 0.25) is 0 Å². The molecule has 1 aliphatic rings. The van der Waals surface area contributed by atoms with Crippen LogP contribution in [0.4, 0.5) is 5.82 Å². The second-order valence-electron chi connectivity index (χ2n) is 7.17. The zero-order valence-corrected chi connectivity index (χ0v) is 18.9. The Labute approximate surface area is 184 Å². The molecule has 0 bridgehead atoms. The van der Waals surface area contributed by atoms with E-state index in [1.807, 2.05) is 51.4 Å². The number of primary amides is 1. The second kappa shape index (κ2) is 14.1. The zero-order chi connectivity index (χ0) is 23.2. The summed E-state index contributed by atoms with van der Waals surface area (Å²) in [5.41, 5.74) is 12.2. The fraction of sp³-hybridized carbons (Fsp3) is 0.500. The number of rotatable bonds is 8. The van der Waals surface area contributed by atoms with Crippen molar-refractivity contribution >= 4 is 11.7 Å². The van der Waals surface area contributed by atoms with Crippen molar-refractivity contribution in [3.05, 3.63) is 47.7 Å². The van der Waals surface area contributed by atoms with E-state index in [9.17, 15) is 4.79 Å². The summed E-state index contributed by atoms with van der Waals surface area (Å²) in [6, 6.07) is 12.2. The van der Waals surface area contributed by atoms with Crippen LogP contribution < -0.4 is 16.8 Å². The summed E-state index contributed by atoms with van der Waals surface area (Å²) < 4.78 is 1.70. The molecule has 1 saturated carbocycles. The molecule has 1 amide bonds. The number of amides is 1. The Balaban J connectivity index is 0.000000284. The first-order chi connectivity index (χ1) is 14.9. The molecule has 1 fully saturated rings. The topological polar surface area (TPSA) is 135 Å². The average molecular weight is 430 g/mol. The fourth-order valence-electron chi connectivity index (χ4n) is 2.85. The van der Waals surface area contributed by atoms with Crippen LogP contribution in [0.25, 0.3) is 0 Å². The monoisotopic (exact) mass is 429 g/mol. The molecule has 1 unspecified atom stereocenters. The zero-order valence-electron chi connectivity index (χ0n) is 18.9.